The van der Waals surface area contributed by atoms with Crippen LogP contribution in [0.2, 0.25) is 0 Å². The summed E-state index contributed by atoms with van der Waals surface area (Å²) in [6, 6.07) is 9.29. The van der Waals surface area contributed by atoms with Crippen molar-refractivity contribution < 1.29 is 9.90 Å². The van der Waals surface area contributed by atoms with Crippen LogP contribution in [-0.2, 0) is 0 Å². The molecule has 0 aliphatic heterocycles. The van der Waals surface area contributed by atoms with E-state index in [-0.39, 0.29) is 0 Å². The molecule has 0 aliphatic carbocycles. The summed E-state index contributed by atoms with van der Waals surface area (Å²) in [6.45, 7) is 2.06. The van der Waals surface area contributed by atoms with Gasteiger partial charge in [0.15, 0.2) is 0 Å². The minimum Gasteiger partial charge on any atom is -0.478 e. The van der Waals surface area contributed by atoms with Crippen molar-refractivity contribution >= 4 is 44.4 Å². The number of halogens is 1. The van der Waals surface area contributed by atoms with Gasteiger partial charge in [-0.2, -0.15) is 0 Å². The number of rotatable bonds is 3. The molecule has 0 bridgehead atoms. The summed E-state index contributed by atoms with van der Waals surface area (Å²) in [5, 5.41) is 11.0. The molecule has 4 heteroatoms. The number of hydrogen-bond donors (Lipinski definition) is 1. The van der Waals surface area contributed by atoms with Crippen LogP contribution in [-0.4, -0.2) is 16.8 Å². The van der Waals surface area contributed by atoms with Gasteiger partial charge in [-0.05, 0) is 29.3 Å². The summed E-state index contributed by atoms with van der Waals surface area (Å²) >= 11 is 5.12. The van der Waals surface area contributed by atoms with Gasteiger partial charge < -0.3 is 5.11 Å². The van der Waals surface area contributed by atoms with Gasteiger partial charge in [-0.25, -0.2) is 4.79 Å². The van der Waals surface area contributed by atoms with Crippen molar-refractivity contribution in [3.8, 4) is 0 Å². The number of benzene rings is 2. The molecule has 0 saturated heterocycles. The zero-order valence-corrected chi connectivity index (χ0v) is 11.6. The van der Waals surface area contributed by atoms with Gasteiger partial charge in [0.2, 0.25) is 0 Å². The number of thioether (sulfide) groups is 1. The SMILES string of the molecule is CCSc1ccc(Br)c2cccc(C(=O)O)c12. The number of fused-ring (bicyclic) bond motifs is 1. The van der Waals surface area contributed by atoms with Crippen LogP contribution < -0.4 is 0 Å². The number of aromatic carboxylic acids is 1. The summed E-state index contributed by atoms with van der Waals surface area (Å²) in [6.07, 6.45) is 0. The Bertz CT molecular complexity index is 581. The van der Waals surface area contributed by atoms with Crippen LogP contribution in [0.15, 0.2) is 39.7 Å². The number of hydrogen-bond acceptors (Lipinski definition) is 2. The van der Waals surface area contributed by atoms with E-state index in [2.05, 4.69) is 22.9 Å². The fourth-order valence-electron chi connectivity index (χ4n) is 1.79. The molecule has 0 radical (unpaired) electrons. The first-order chi connectivity index (χ1) is 8.15. The summed E-state index contributed by atoms with van der Waals surface area (Å²) < 4.78 is 0.927. The molecule has 17 heavy (non-hydrogen) atoms. The third-order valence-electron chi connectivity index (χ3n) is 2.48. The molecule has 2 nitrogen and oxygen atoms in total. The van der Waals surface area contributed by atoms with Crippen molar-refractivity contribution in [2.75, 3.05) is 5.75 Å². The fourth-order valence-corrected chi connectivity index (χ4v) is 3.09. The normalized spacial score (nSPS) is 10.7. The van der Waals surface area contributed by atoms with Gasteiger partial charge >= 0.3 is 5.97 Å². The van der Waals surface area contributed by atoms with Gasteiger partial charge in [0.1, 0.15) is 0 Å². The van der Waals surface area contributed by atoms with Crippen LogP contribution in [0.3, 0.4) is 0 Å². The highest BCUT2D eigenvalue weighted by atomic mass is 79.9. The average molecular weight is 311 g/mol. The zero-order chi connectivity index (χ0) is 12.4. The van der Waals surface area contributed by atoms with Crippen LogP contribution >= 0.6 is 27.7 Å². The molecular formula is C13H11BrO2S. The Morgan fingerprint density at radius 3 is 2.76 bits per heavy atom. The molecule has 0 aromatic heterocycles. The van der Waals surface area contributed by atoms with Crippen LogP contribution in [0.25, 0.3) is 10.8 Å². The Hall–Kier alpha value is -1.00. The largest absolute Gasteiger partial charge is 0.478 e. The van der Waals surface area contributed by atoms with Gasteiger partial charge in [-0.3, -0.25) is 0 Å². The number of carbonyl (C=O) groups is 1. The van der Waals surface area contributed by atoms with Gasteiger partial charge in [0.25, 0.3) is 0 Å². The minimum atomic E-state index is -0.883. The molecular weight excluding hydrogens is 300 g/mol. The molecule has 2 aromatic rings. The Morgan fingerprint density at radius 2 is 2.12 bits per heavy atom. The van der Waals surface area contributed by atoms with Crippen molar-refractivity contribution in [1.29, 1.82) is 0 Å². The third-order valence-corrected chi connectivity index (χ3v) is 4.11. The Kier molecular flexibility index (Phi) is 3.74. The van der Waals surface area contributed by atoms with E-state index < -0.39 is 5.97 Å². The van der Waals surface area contributed by atoms with Crippen LogP contribution in [0, 0.1) is 0 Å². The summed E-state index contributed by atoms with van der Waals surface area (Å²) in [5.41, 5.74) is 0.361. The van der Waals surface area contributed by atoms with E-state index in [0.717, 1.165) is 25.9 Å². The van der Waals surface area contributed by atoms with Gasteiger partial charge in [0.05, 0.1) is 5.56 Å². The van der Waals surface area contributed by atoms with Crippen LogP contribution in [0.4, 0.5) is 0 Å². The fraction of sp³-hybridized carbons (Fsp3) is 0.154. The van der Waals surface area contributed by atoms with Gasteiger partial charge in [-0.1, -0.05) is 35.0 Å². The highest BCUT2D eigenvalue weighted by Gasteiger charge is 2.13. The first kappa shape index (κ1) is 12.5. The predicted octanol–water partition coefficient (Wildman–Crippen LogP) is 4.41. The van der Waals surface area contributed by atoms with Crippen molar-refractivity contribution in [3.05, 3.63) is 40.4 Å². The highest BCUT2D eigenvalue weighted by molar-refractivity contribution is 9.10. The first-order valence-corrected chi connectivity index (χ1v) is 7.00. The predicted molar refractivity (Wildman–Crippen MR) is 75.0 cm³/mol. The summed E-state index contributed by atoms with van der Waals surface area (Å²) in [4.78, 5) is 12.3. The maximum Gasteiger partial charge on any atom is 0.336 e. The standard InChI is InChI=1S/C13H11BrO2S/c1-2-17-11-7-6-10(14)8-4-3-5-9(12(8)11)13(15)16/h3-7H,2H2,1H3,(H,15,16). The highest BCUT2D eigenvalue weighted by Crippen LogP contribution is 2.34. The van der Waals surface area contributed by atoms with Crippen molar-refractivity contribution in [2.45, 2.75) is 11.8 Å². The van der Waals surface area contributed by atoms with E-state index in [0.29, 0.717) is 5.56 Å². The van der Waals surface area contributed by atoms with E-state index in [1.165, 1.54) is 0 Å². The molecule has 1 N–H and O–H groups in total. The second-order valence-electron chi connectivity index (χ2n) is 3.51. The maximum atomic E-state index is 11.3. The van der Waals surface area contributed by atoms with E-state index in [4.69, 9.17) is 0 Å². The molecule has 0 spiro atoms. The second kappa shape index (κ2) is 5.10. The van der Waals surface area contributed by atoms with Gasteiger partial charge in [-0.15, -0.1) is 11.8 Å². The lowest BCUT2D eigenvalue weighted by molar-refractivity contribution is 0.0699. The number of carboxylic acid groups (broad SMARTS) is 1. The molecule has 88 valence electrons. The molecule has 0 heterocycles. The van der Waals surface area contributed by atoms with E-state index in [9.17, 15) is 9.90 Å². The van der Waals surface area contributed by atoms with E-state index >= 15 is 0 Å². The lowest BCUT2D eigenvalue weighted by Crippen LogP contribution is -1.98. The van der Waals surface area contributed by atoms with Crippen molar-refractivity contribution in [3.63, 3.8) is 0 Å². The lowest BCUT2D eigenvalue weighted by Gasteiger charge is -2.09. The summed E-state index contributed by atoms with van der Waals surface area (Å²) in [7, 11) is 0. The molecule has 2 aromatic carbocycles. The Balaban J connectivity index is 2.83. The third kappa shape index (κ3) is 2.33. The van der Waals surface area contributed by atoms with Gasteiger partial charge in [0, 0.05) is 14.8 Å². The van der Waals surface area contributed by atoms with E-state index in [1.807, 2.05) is 18.2 Å². The molecule has 0 unspecified atom stereocenters. The molecule has 2 rings (SSSR count). The second-order valence-corrected chi connectivity index (χ2v) is 5.67. The summed E-state index contributed by atoms with van der Waals surface area (Å²) in [5.74, 6) is 0.0386. The quantitative estimate of drug-likeness (QED) is 0.853. The topological polar surface area (TPSA) is 37.3 Å². The molecule has 0 aliphatic rings. The van der Waals surface area contributed by atoms with E-state index in [1.54, 1.807) is 23.9 Å². The van der Waals surface area contributed by atoms with Crippen LogP contribution in [0.5, 0.6) is 0 Å². The monoisotopic (exact) mass is 310 g/mol. The maximum absolute atomic E-state index is 11.3. The first-order valence-electron chi connectivity index (χ1n) is 5.22. The molecule has 0 amide bonds. The lowest BCUT2D eigenvalue weighted by atomic mass is 10.0. The molecule has 0 saturated carbocycles. The Morgan fingerprint density at radius 1 is 1.35 bits per heavy atom. The van der Waals surface area contributed by atoms with Crippen LogP contribution in [0.1, 0.15) is 17.3 Å². The zero-order valence-electron chi connectivity index (χ0n) is 9.24. The number of carboxylic acids is 1. The molecule has 0 atom stereocenters. The molecule has 0 fully saturated rings. The smallest absolute Gasteiger partial charge is 0.336 e. The van der Waals surface area contributed by atoms with Crippen molar-refractivity contribution in [2.24, 2.45) is 0 Å². The average Bonchev–Trinajstić information content (AvgIpc) is 2.32. The Labute approximate surface area is 112 Å². The minimum absolute atomic E-state index is 0.361. The van der Waals surface area contributed by atoms with Crippen molar-refractivity contribution in [1.82, 2.24) is 0 Å².